The molecule has 0 N–H and O–H groups in total. The van der Waals surface area contributed by atoms with Crippen LogP contribution in [0, 0.1) is 3.57 Å². The van der Waals surface area contributed by atoms with E-state index in [9.17, 15) is 4.79 Å². The van der Waals surface area contributed by atoms with E-state index in [4.69, 9.17) is 0 Å². The van der Waals surface area contributed by atoms with Crippen LogP contribution in [0.5, 0.6) is 0 Å². The van der Waals surface area contributed by atoms with Crippen LogP contribution in [0.2, 0.25) is 0 Å². The van der Waals surface area contributed by atoms with Gasteiger partial charge in [-0.1, -0.05) is 0 Å². The summed E-state index contributed by atoms with van der Waals surface area (Å²) in [4.78, 5) is 11.5. The topological polar surface area (TPSA) is 65.6 Å². The minimum Gasteiger partial charge on any atom is -0.319 e. The van der Waals surface area contributed by atoms with Crippen LogP contribution in [0.3, 0.4) is 0 Å². The summed E-state index contributed by atoms with van der Waals surface area (Å²) in [5.41, 5.74) is -0.134. The van der Waals surface area contributed by atoms with Gasteiger partial charge in [0.2, 0.25) is 0 Å². The van der Waals surface area contributed by atoms with Gasteiger partial charge >= 0.3 is 0 Å². The van der Waals surface area contributed by atoms with Crippen molar-refractivity contribution >= 4 is 22.6 Å². The van der Waals surface area contributed by atoms with Crippen molar-refractivity contribution in [3.63, 3.8) is 0 Å². The number of halogens is 1. The summed E-state index contributed by atoms with van der Waals surface area (Å²) in [7, 11) is 1.83. The lowest BCUT2D eigenvalue weighted by molar-refractivity contribution is 0.594. The molecule has 0 aromatic carbocycles. The molecule has 0 spiro atoms. The second-order valence-electron chi connectivity index (χ2n) is 3.03. The van der Waals surface area contributed by atoms with E-state index in [-0.39, 0.29) is 5.56 Å². The van der Waals surface area contributed by atoms with Gasteiger partial charge < -0.3 is 4.57 Å². The molecule has 78 valence electrons. The zero-order valence-electron chi connectivity index (χ0n) is 7.96. The highest BCUT2D eigenvalue weighted by atomic mass is 127. The summed E-state index contributed by atoms with van der Waals surface area (Å²) >= 11 is 2.05. The Balaban J connectivity index is 2.33. The maximum Gasteiger partial charge on any atom is 0.268 e. The predicted octanol–water partition coefficient (Wildman–Crippen LogP) is 0.0247. The summed E-state index contributed by atoms with van der Waals surface area (Å²) in [5, 5.41) is 11.6. The molecule has 7 heteroatoms. The van der Waals surface area contributed by atoms with E-state index < -0.39 is 0 Å². The van der Waals surface area contributed by atoms with Gasteiger partial charge in [-0.3, -0.25) is 4.79 Å². The van der Waals surface area contributed by atoms with E-state index in [1.54, 1.807) is 17.1 Å². The molecule has 2 aromatic heterocycles. The molecule has 0 amide bonds. The Labute approximate surface area is 99.1 Å². The van der Waals surface area contributed by atoms with Gasteiger partial charge in [0.05, 0.1) is 6.20 Å². The van der Waals surface area contributed by atoms with Crippen molar-refractivity contribution in [2.24, 2.45) is 7.05 Å². The fourth-order valence-electron chi connectivity index (χ4n) is 1.11. The minimum atomic E-state index is -0.134. The van der Waals surface area contributed by atoms with Crippen LogP contribution in [0.15, 0.2) is 23.4 Å². The van der Waals surface area contributed by atoms with E-state index in [1.807, 2.05) is 29.6 Å². The highest BCUT2D eigenvalue weighted by Gasteiger charge is 2.04. The third kappa shape index (κ3) is 2.22. The molecule has 0 aliphatic rings. The molecular weight excluding hydrogens is 309 g/mol. The van der Waals surface area contributed by atoms with Crippen LogP contribution < -0.4 is 5.56 Å². The van der Waals surface area contributed by atoms with Crippen LogP contribution in [-0.4, -0.2) is 24.5 Å². The predicted molar refractivity (Wildman–Crippen MR) is 61.3 cm³/mol. The van der Waals surface area contributed by atoms with Crippen molar-refractivity contribution in [1.29, 1.82) is 0 Å². The van der Waals surface area contributed by atoms with Crippen LogP contribution >= 0.6 is 22.6 Å². The first kappa shape index (κ1) is 10.3. The third-order valence-corrected chi connectivity index (χ3v) is 2.52. The van der Waals surface area contributed by atoms with E-state index in [2.05, 4.69) is 15.3 Å². The monoisotopic (exact) mass is 317 g/mol. The molecule has 0 aliphatic carbocycles. The van der Waals surface area contributed by atoms with Gasteiger partial charge in [0.1, 0.15) is 12.9 Å². The summed E-state index contributed by atoms with van der Waals surface area (Å²) in [5.74, 6) is 0.700. The summed E-state index contributed by atoms with van der Waals surface area (Å²) in [6, 6.07) is 1.53. The van der Waals surface area contributed by atoms with Gasteiger partial charge in [-0.15, -0.1) is 10.2 Å². The lowest BCUT2D eigenvalue weighted by Crippen LogP contribution is -2.24. The summed E-state index contributed by atoms with van der Waals surface area (Å²) in [6.07, 6.45) is 3.23. The lowest BCUT2D eigenvalue weighted by atomic mass is 10.5. The van der Waals surface area contributed by atoms with Crippen molar-refractivity contribution in [3.8, 4) is 0 Å². The Morgan fingerprint density at radius 3 is 2.93 bits per heavy atom. The Bertz CT molecular complexity index is 532. The van der Waals surface area contributed by atoms with Gasteiger partial charge in [-0.2, -0.15) is 5.10 Å². The molecule has 0 saturated carbocycles. The Morgan fingerprint density at radius 1 is 1.53 bits per heavy atom. The lowest BCUT2D eigenvalue weighted by Gasteiger charge is -2.02. The molecule has 0 bridgehead atoms. The van der Waals surface area contributed by atoms with E-state index >= 15 is 0 Å². The van der Waals surface area contributed by atoms with Gasteiger partial charge in [-0.25, -0.2) is 4.68 Å². The van der Waals surface area contributed by atoms with Gasteiger partial charge in [0.15, 0.2) is 5.82 Å². The maximum atomic E-state index is 11.5. The van der Waals surface area contributed by atoms with Crippen LogP contribution in [-0.2, 0) is 13.6 Å². The zero-order chi connectivity index (χ0) is 10.8. The molecule has 2 rings (SSSR count). The fraction of sp³-hybridized carbons (Fsp3) is 0.250. The summed E-state index contributed by atoms with van der Waals surface area (Å²) < 4.78 is 3.94. The number of hydrogen-bond acceptors (Lipinski definition) is 4. The largest absolute Gasteiger partial charge is 0.319 e. The molecule has 0 radical (unpaired) electrons. The molecule has 0 fully saturated rings. The van der Waals surface area contributed by atoms with E-state index in [0.29, 0.717) is 12.4 Å². The number of rotatable bonds is 2. The molecular formula is C8H8IN5O. The first-order chi connectivity index (χ1) is 7.16. The quantitative estimate of drug-likeness (QED) is 0.733. The number of aryl methyl sites for hydroxylation is 1. The standard InChI is InChI=1S/C8H8IN5O/c1-13-5-10-12-7(13)4-14-8(15)2-6(9)3-11-14/h2-3,5H,4H2,1H3. The second kappa shape index (κ2) is 4.09. The molecule has 2 aromatic rings. The van der Waals surface area contributed by atoms with Gasteiger partial charge in [0.25, 0.3) is 5.56 Å². The fourth-order valence-corrected chi connectivity index (χ4v) is 1.51. The normalized spacial score (nSPS) is 10.5. The number of aromatic nitrogens is 5. The SMILES string of the molecule is Cn1cnnc1Cn1ncc(I)cc1=O. The molecule has 0 unspecified atom stereocenters. The van der Waals surface area contributed by atoms with Crippen molar-refractivity contribution in [2.75, 3.05) is 0 Å². The van der Waals surface area contributed by atoms with Crippen molar-refractivity contribution in [3.05, 3.63) is 38.3 Å². The molecule has 0 atom stereocenters. The smallest absolute Gasteiger partial charge is 0.268 e. The van der Waals surface area contributed by atoms with Gasteiger partial charge in [-0.05, 0) is 22.6 Å². The maximum absolute atomic E-state index is 11.5. The van der Waals surface area contributed by atoms with Crippen LogP contribution in [0.25, 0.3) is 0 Å². The highest BCUT2D eigenvalue weighted by molar-refractivity contribution is 14.1. The van der Waals surface area contributed by atoms with Gasteiger partial charge in [0, 0.05) is 16.7 Å². The zero-order valence-corrected chi connectivity index (χ0v) is 10.1. The van der Waals surface area contributed by atoms with Crippen molar-refractivity contribution in [1.82, 2.24) is 24.5 Å². The van der Waals surface area contributed by atoms with Crippen LogP contribution in [0.1, 0.15) is 5.82 Å². The highest BCUT2D eigenvalue weighted by Crippen LogP contribution is 1.97. The average molecular weight is 317 g/mol. The molecule has 0 saturated heterocycles. The first-order valence-corrected chi connectivity index (χ1v) is 5.30. The average Bonchev–Trinajstić information content (AvgIpc) is 2.57. The van der Waals surface area contributed by atoms with E-state index in [1.165, 1.54) is 10.7 Å². The molecule has 15 heavy (non-hydrogen) atoms. The Kier molecular flexibility index (Phi) is 2.80. The summed E-state index contributed by atoms with van der Waals surface area (Å²) in [6.45, 7) is 0.340. The second-order valence-corrected chi connectivity index (χ2v) is 4.27. The Hall–Kier alpha value is -1.25. The van der Waals surface area contributed by atoms with Crippen molar-refractivity contribution < 1.29 is 0 Å². The minimum absolute atomic E-state index is 0.134. The molecule has 0 aliphatic heterocycles. The van der Waals surface area contributed by atoms with Crippen molar-refractivity contribution in [2.45, 2.75) is 6.54 Å². The molecule has 2 heterocycles. The van der Waals surface area contributed by atoms with Crippen LogP contribution in [0.4, 0.5) is 0 Å². The third-order valence-electron chi connectivity index (χ3n) is 1.93. The number of nitrogens with zero attached hydrogens (tertiary/aromatic N) is 5. The Morgan fingerprint density at radius 2 is 2.33 bits per heavy atom. The molecule has 6 nitrogen and oxygen atoms in total. The van der Waals surface area contributed by atoms with E-state index in [0.717, 1.165) is 3.57 Å². The first-order valence-electron chi connectivity index (χ1n) is 4.22. The number of hydrogen-bond donors (Lipinski definition) is 0.